The fraction of sp³-hybridized carbons (Fsp3) is 0.429. The third kappa shape index (κ3) is 3.40. The highest BCUT2D eigenvalue weighted by Gasteiger charge is 2.34. The molecule has 1 atom stereocenters. The van der Waals surface area contributed by atoms with Gasteiger partial charge in [0.1, 0.15) is 0 Å². The number of aliphatic carboxylic acids is 1. The van der Waals surface area contributed by atoms with E-state index in [0.29, 0.717) is 18.5 Å². The third-order valence-corrected chi connectivity index (χ3v) is 5.54. The zero-order valence-electron chi connectivity index (χ0n) is 11.4. The lowest BCUT2D eigenvalue weighted by Crippen LogP contribution is -2.44. The van der Waals surface area contributed by atoms with Gasteiger partial charge in [0.2, 0.25) is 10.0 Å². The summed E-state index contributed by atoms with van der Waals surface area (Å²) >= 11 is 0. The minimum Gasteiger partial charge on any atom is -0.481 e. The van der Waals surface area contributed by atoms with Gasteiger partial charge >= 0.3 is 5.97 Å². The Kier molecular flexibility index (Phi) is 4.60. The molecule has 0 saturated carbocycles. The first-order chi connectivity index (χ1) is 9.95. The second-order valence-corrected chi connectivity index (χ2v) is 6.89. The van der Waals surface area contributed by atoms with E-state index in [9.17, 15) is 13.2 Å². The van der Waals surface area contributed by atoms with Crippen molar-refractivity contribution in [3.05, 3.63) is 29.8 Å². The summed E-state index contributed by atoms with van der Waals surface area (Å²) in [5.74, 6) is -0.998. The molecule has 6 nitrogen and oxygen atoms in total. The van der Waals surface area contributed by atoms with Gasteiger partial charge in [0.15, 0.2) is 0 Å². The smallest absolute Gasteiger partial charge is 0.304 e. The van der Waals surface area contributed by atoms with Crippen molar-refractivity contribution in [1.29, 1.82) is 5.26 Å². The predicted molar refractivity (Wildman–Crippen MR) is 74.9 cm³/mol. The van der Waals surface area contributed by atoms with Crippen molar-refractivity contribution in [2.24, 2.45) is 0 Å². The van der Waals surface area contributed by atoms with Crippen LogP contribution >= 0.6 is 0 Å². The van der Waals surface area contributed by atoms with Gasteiger partial charge in [0, 0.05) is 12.6 Å². The fourth-order valence-electron chi connectivity index (χ4n) is 2.53. The number of hydrogen-bond acceptors (Lipinski definition) is 4. The van der Waals surface area contributed by atoms with Gasteiger partial charge in [-0.05, 0) is 37.1 Å². The number of nitriles is 1. The molecule has 112 valence electrons. The first-order valence-electron chi connectivity index (χ1n) is 6.69. The molecule has 1 aliphatic heterocycles. The fourth-order valence-corrected chi connectivity index (χ4v) is 4.23. The van der Waals surface area contributed by atoms with Crippen molar-refractivity contribution in [3.8, 4) is 6.07 Å². The van der Waals surface area contributed by atoms with E-state index >= 15 is 0 Å². The van der Waals surface area contributed by atoms with Crippen LogP contribution in [0.2, 0.25) is 0 Å². The maximum Gasteiger partial charge on any atom is 0.304 e. The molecule has 0 bridgehead atoms. The second-order valence-electron chi connectivity index (χ2n) is 5.00. The molecule has 1 saturated heterocycles. The minimum atomic E-state index is -3.72. The molecule has 0 aromatic heterocycles. The Morgan fingerprint density at radius 3 is 2.57 bits per heavy atom. The molecule has 21 heavy (non-hydrogen) atoms. The van der Waals surface area contributed by atoms with E-state index in [1.165, 1.54) is 28.6 Å². The Morgan fingerprint density at radius 2 is 2.00 bits per heavy atom. The average molecular weight is 308 g/mol. The molecule has 7 heteroatoms. The Bertz CT molecular complexity index is 661. The van der Waals surface area contributed by atoms with Crippen LogP contribution in [0.15, 0.2) is 29.2 Å². The molecule has 0 amide bonds. The molecule has 0 radical (unpaired) electrons. The highest BCUT2D eigenvalue weighted by atomic mass is 32.2. The lowest BCUT2D eigenvalue weighted by atomic mass is 10.0. The minimum absolute atomic E-state index is 0.0961. The van der Waals surface area contributed by atoms with E-state index in [1.807, 2.05) is 6.07 Å². The number of carboxylic acids is 1. The molecule has 1 fully saturated rings. The van der Waals surface area contributed by atoms with Gasteiger partial charge in [-0.1, -0.05) is 6.42 Å². The lowest BCUT2D eigenvalue weighted by molar-refractivity contribution is -0.138. The van der Waals surface area contributed by atoms with Gasteiger partial charge in [0.05, 0.1) is 22.9 Å². The molecule has 1 aliphatic rings. The number of piperidine rings is 1. The molecule has 1 aromatic rings. The molecule has 0 aliphatic carbocycles. The molecular weight excluding hydrogens is 292 g/mol. The Balaban J connectivity index is 2.31. The SMILES string of the molecule is N#Cc1ccc(S(=O)(=O)N2CCCCC2CC(=O)O)cc1. The van der Waals surface area contributed by atoms with Crippen molar-refractivity contribution in [3.63, 3.8) is 0 Å². The monoisotopic (exact) mass is 308 g/mol. The number of carbonyl (C=O) groups is 1. The summed E-state index contributed by atoms with van der Waals surface area (Å²) in [7, 11) is -3.72. The largest absolute Gasteiger partial charge is 0.481 e. The lowest BCUT2D eigenvalue weighted by Gasteiger charge is -2.33. The van der Waals surface area contributed by atoms with E-state index in [0.717, 1.165) is 12.8 Å². The summed E-state index contributed by atoms with van der Waals surface area (Å²) in [6.07, 6.45) is 1.93. The van der Waals surface area contributed by atoms with E-state index in [1.54, 1.807) is 0 Å². The second kappa shape index (κ2) is 6.24. The summed E-state index contributed by atoms with van der Waals surface area (Å²) in [6, 6.07) is 7.10. The summed E-state index contributed by atoms with van der Waals surface area (Å²) in [5, 5.41) is 17.7. The van der Waals surface area contributed by atoms with Crippen molar-refractivity contribution >= 4 is 16.0 Å². The van der Waals surface area contributed by atoms with Crippen LogP contribution in [0.5, 0.6) is 0 Å². The maximum absolute atomic E-state index is 12.6. The van der Waals surface area contributed by atoms with Crippen LogP contribution < -0.4 is 0 Å². The molecular formula is C14H16N2O4S. The van der Waals surface area contributed by atoms with Crippen LogP contribution in [0, 0.1) is 11.3 Å². The average Bonchev–Trinajstić information content (AvgIpc) is 2.47. The predicted octanol–water partition coefficient (Wildman–Crippen LogP) is 1.58. The topological polar surface area (TPSA) is 98.5 Å². The number of benzene rings is 1. The Labute approximate surface area is 123 Å². The number of rotatable bonds is 4. The van der Waals surface area contributed by atoms with Gasteiger partial charge in [-0.25, -0.2) is 8.42 Å². The van der Waals surface area contributed by atoms with Crippen molar-refractivity contribution < 1.29 is 18.3 Å². The van der Waals surface area contributed by atoms with E-state index in [2.05, 4.69) is 0 Å². The molecule has 1 N–H and O–H groups in total. The Hall–Kier alpha value is -1.91. The van der Waals surface area contributed by atoms with E-state index in [4.69, 9.17) is 10.4 Å². The van der Waals surface area contributed by atoms with Crippen LogP contribution in [0.3, 0.4) is 0 Å². The molecule has 1 aromatic carbocycles. The zero-order valence-corrected chi connectivity index (χ0v) is 12.2. The molecule has 1 unspecified atom stereocenters. The molecule has 2 rings (SSSR count). The highest BCUT2D eigenvalue weighted by molar-refractivity contribution is 7.89. The van der Waals surface area contributed by atoms with E-state index in [-0.39, 0.29) is 11.3 Å². The van der Waals surface area contributed by atoms with Gasteiger partial charge in [-0.2, -0.15) is 9.57 Å². The maximum atomic E-state index is 12.6. The van der Waals surface area contributed by atoms with Crippen LogP contribution in [-0.2, 0) is 14.8 Å². The number of hydrogen-bond donors (Lipinski definition) is 1. The highest BCUT2D eigenvalue weighted by Crippen LogP contribution is 2.27. The van der Waals surface area contributed by atoms with Crippen LogP contribution in [0.4, 0.5) is 0 Å². The van der Waals surface area contributed by atoms with Crippen molar-refractivity contribution in [2.45, 2.75) is 36.6 Å². The van der Waals surface area contributed by atoms with Crippen LogP contribution in [-0.4, -0.2) is 36.4 Å². The summed E-state index contributed by atoms with van der Waals surface area (Å²) < 4.78 is 26.5. The summed E-state index contributed by atoms with van der Waals surface area (Å²) in [5.41, 5.74) is 0.384. The zero-order chi connectivity index (χ0) is 15.5. The molecule has 1 heterocycles. The quantitative estimate of drug-likeness (QED) is 0.910. The van der Waals surface area contributed by atoms with Crippen LogP contribution in [0.25, 0.3) is 0 Å². The van der Waals surface area contributed by atoms with Crippen LogP contribution in [0.1, 0.15) is 31.2 Å². The van der Waals surface area contributed by atoms with Gasteiger partial charge in [-0.15, -0.1) is 0 Å². The van der Waals surface area contributed by atoms with Gasteiger partial charge in [0.25, 0.3) is 0 Å². The number of carboxylic acid groups (broad SMARTS) is 1. The van der Waals surface area contributed by atoms with Crippen molar-refractivity contribution in [2.75, 3.05) is 6.54 Å². The van der Waals surface area contributed by atoms with Crippen molar-refractivity contribution in [1.82, 2.24) is 4.31 Å². The third-order valence-electron chi connectivity index (χ3n) is 3.57. The summed E-state index contributed by atoms with van der Waals surface area (Å²) in [6.45, 7) is 0.334. The first kappa shape index (κ1) is 15.5. The number of sulfonamides is 1. The normalized spacial score (nSPS) is 19.9. The van der Waals surface area contributed by atoms with Gasteiger partial charge < -0.3 is 5.11 Å². The standard InChI is InChI=1S/C14H16N2O4S/c15-10-11-4-6-13(7-5-11)21(19,20)16-8-2-1-3-12(16)9-14(17)18/h4-7,12H,1-3,8-9H2,(H,17,18). The first-order valence-corrected chi connectivity index (χ1v) is 8.13. The number of nitrogens with zero attached hydrogens (tertiary/aromatic N) is 2. The van der Waals surface area contributed by atoms with Gasteiger partial charge in [-0.3, -0.25) is 4.79 Å². The van der Waals surface area contributed by atoms with E-state index < -0.39 is 22.0 Å². The Morgan fingerprint density at radius 1 is 1.33 bits per heavy atom. The molecule has 0 spiro atoms. The summed E-state index contributed by atoms with van der Waals surface area (Å²) in [4.78, 5) is 11.0.